The molecule has 0 amide bonds. The highest BCUT2D eigenvalue weighted by Gasteiger charge is 2.30. The predicted molar refractivity (Wildman–Crippen MR) is 113 cm³/mol. The molecule has 1 atom stereocenters. The average Bonchev–Trinajstić information content (AvgIpc) is 2.77. The lowest BCUT2D eigenvalue weighted by atomic mass is 9.91. The van der Waals surface area contributed by atoms with Crippen molar-refractivity contribution in [2.24, 2.45) is 0 Å². The first-order valence-corrected chi connectivity index (χ1v) is 10.3. The summed E-state index contributed by atoms with van der Waals surface area (Å²) in [5.41, 5.74) is -2.87. The van der Waals surface area contributed by atoms with Gasteiger partial charge in [0.15, 0.2) is 5.75 Å². The fraction of sp³-hybridized carbons (Fsp3) is 0.263. The first-order chi connectivity index (χ1) is 16.2. The van der Waals surface area contributed by atoms with Crippen molar-refractivity contribution in [2.75, 3.05) is 0 Å². The number of halogens is 4. The largest absolute Gasteiger partial charge is 0.434 e. The number of benzene rings is 1. The van der Waals surface area contributed by atoms with Gasteiger partial charge in [0.25, 0.3) is 11.1 Å². The Morgan fingerprint density at radius 1 is 1.21 bits per heavy atom. The number of nitriles is 1. The molecule has 0 unspecified atom stereocenters. The molecule has 0 saturated carbocycles. The van der Waals surface area contributed by atoms with E-state index in [1.165, 1.54) is 12.1 Å². The number of aromatic amines is 2. The van der Waals surface area contributed by atoms with Crippen LogP contribution in [-0.4, -0.2) is 31.6 Å². The van der Waals surface area contributed by atoms with Crippen LogP contribution in [-0.2, 0) is 11.2 Å². The molecule has 176 valence electrons. The van der Waals surface area contributed by atoms with E-state index in [2.05, 4.69) is 20.0 Å². The smallest absolute Gasteiger partial charge is 0.349 e. The monoisotopic (exact) mass is 512 g/mol. The zero-order valence-electron chi connectivity index (χ0n) is 16.8. The minimum absolute atomic E-state index is 0.0157. The SMILES string of the molecule is N#Cc1nn(-c2cc(Cl)c(Oc3n[nH]c(=O)c4c3CCC[C@H]4OC(F)F)c(Cl)c2)c(=O)[nH]c1=O. The summed E-state index contributed by atoms with van der Waals surface area (Å²) in [6.07, 6.45) is -0.176. The zero-order valence-corrected chi connectivity index (χ0v) is 18.3. The van der Waals surface area contributed by atoms with Crippen molar-refractivity contribution >= 4 is 23.2 Å². The molecule has 0 aliphatic heterocycles. The van der Waals surface area contributed by atoms with Crippen LogP contribution < -0.4 is 21.5 Å². The van der Waals surface area contributed by atoms with Gasteiger partial charge in [-0.2, -0.15) is 18.7 Å². The van der Waals surface area contributed by atoms with Gasteiger partial charge >= 0.3 is 12.3 Å². The van der Waals surface area contributed by atoms with Crippen molar-refractivity contribution < 1.29 is 18.3 Å². The van der Waals surface area contributed by atoms with Crippen molar-refractivity contribution in [3.63, 3.8) is 0 Å². The van der Waals surface area contributed by atoms with Crippen LogP contribution in [0.2, 0.25) is 10.0 Å². The first kappa shape index (κ1) is 23.6. The fourth-order valence-corrected chi connectivity index (χ4v) is 4.08. The van der Waals surface area contributed by atoms with E-state index < -0.39 is 35.2 Å². The summed E-state index contributed by atoms with van der Waals surface area (Å²) in [4.78, 5) is 37.9. The number of nitrogens with one attached hydrogen (secondary N) is 2. The summed E-state index contributed by atoms with van der Waals surface area (Å²) in [5, 5.41) is 18.5. The van der Waals surface area contributed by atoms with E-state index in [0.717, 1.165) is 0 Å². The summed E-state index contributed by atoms with van der Waals surface area (Å²) in [7, 11) is 0. The summed E-state index contributed by atoms with van der Waals surface area (Å²) >= 11 is 12.6. The highest BCUT2D eigenvalue weighted by atomic mass is 35.5. The minimum atomic E-state index is -3.07. The van der Waals surface area contributed by atoms with Crippen LogP contribution >= 0.6 is 23.2 Å². The van der Waals surface area contributed by atoms with Crippen LogP contribution in [0.5, 0.6) is 11.6 Å². The van der Waals surface area contributed by atoms with Crippen molar-refractivity contribution in [3.05, 3.63) is 70.2 Å². The molecule has 34 heavy (non-hydrogen) atoms. The zero-order chi connectivity index (χ0) is 24.6. The lowest BCUT2D eigenvalue weighted by Gasteiger charge is -2.25. The van der Waals surface area contributed by atoms with Crippen LogP contribution in [0.3, 0.4) is 0 Å². The molecule has 0 spiro atoms. The van der Waals surface area contributed by atoms with E-state index in [1.807, 2.05) is 4.98 Å². The second kappa shape index (κ2) is 9.34. The standard InChI is InChI=1S/C19H12Cl2F2N6O5/c20-9-4-7(29-19(32)25-15(30)11(6-24)28-29)5-10(21)14(9)34-17-8-2-1-3-12(33-18(22)23)13(8)16(31)26-27-17/h4-5,12,18H,1-3H2,(H,26,31)(H,25,30,32)/t12-/m1/s1. The van der Waals surface area contributed by atoms with Gasteiger partial charge in [0.2, 0.25) is 11.6 Å². The second-order valence-electron chi connectivity index (χ2n) is 7.00. The number of ether oxygens (including phenoxy) is 2. The third-order valence-corrected chi connectivity index (χ3v) is 5.49. The van der Waals surface area contributed by atoms with E-state index in [9.17, 15) is 23.2 Å². The number of hydrogen-bond acceptors (Lipinski definition) is 8. The molecule has 1 aromatic carbocycles. The first-order valence-electron chi connectivity index (χ1n) is 9.55. The summed E-state index contributed by atoms with van der Waals surface area (Å²) in [6, 6.07) is 4.02. The number of alkyl halides is 2. The number of rotatable bonds is 5. The van der Waals surface area contributed by atoms with Crippen molar-refractivity contribution in [2.45, 2.75) is 32.0 Å². The van der Waals surface area contributed by atoms with E-state index in [-0.39, 0.29) is 44.9 Å². The van der Waals surface area contributed by atoms with Crippen molar-refractivity contribution in [3.8, 4) is 23.4 Å². The molecular weight excluding hydrogens is 501 g/mol. The molecule has 0 bridgehead atoms. The number of H-pyrrole nitrogens is 2. The van der Waals surface area contributed by atoms with Gasteiger partial charge in [0.1, 0.15) is 6.07 Å². The van der Waals surface area contributed by atoms with E-state index >= 15 is 0 Å². The molecular formula is C19H12Cl2F2N6O5. The molecule has 2 N–H and O–H groups in total. The molecule has 1 aliphatic rings. The molecule has 3 aromatic rings. The molecule has 2 aromatic heterocycles. The molecule has 4 rings (SSSR count). The third-order valence-electron chi connectivity index (χ3n) is 4.93. The molecule has 15 heteroatoms. The number of fused-ring (bicyclic) bond motifs is 1. The summed E-state index contributed by atoms with van der Waals surface area (Å²) in [6.45, 7) is -3.07. The van der Waals surface area contributed by atoms with E-state index in [0.29, 0.717) is 17.5 Å². The van der Waals surface area contributed by atoms with Crippen molar-refractivity contribution in [1.82, 2.24) is 25.0 Å². The van der Waals surface area contributed by atoms with Gasteiger partial charge in [0.05, 0.1) is 27.4 Å². The second-order valence-corrected chi connectivity index (χ2v) is 7.81. The molecule has 2 heterocycles. The molecule has 11 nitrogen and oxygen atoms in total. The van der Waals surface area contributed by atoms with Crippen LogP contribution in [0.15, 0.2) is 26.5 Å². The topological polar surface area (TPSA) is 156 Å². The Labute approximate surface area is 197 Å². The van der Waals surface area contributed by atoms with Gasteiger partial charge in [-0.25, -0.2) is 9.89 Å². The maximum atomic E-state index is 12.8. The van der Waals surface area contributed by atoms with Gasteiger partial charge in [-0.15, -0.1) is 10.2 Å². The maximum Gasteiger partial charge on any atom is 0.349 e. The van der Waals surface area contributed by atoms with E-state index in [4.69, 9.17) is 33.2 Å². The molecule has 0 fully saturated rings. The Morgan fingerprint density at radius 3 is 2.56 bits per heavy atom. The fourth-order valence-electron chi connectivity index (χ4n) is 3.53. The van der Waals surface area contributed by atoms with Crippen LogP contribution in [0.4, 0.5) is 8.78 Å². The van der Waals surface area contributed by atoms with Crippen LogP contribution in [0.25, 0.3) is 5.69 Å². The molecule has 0 saturated heterocycles. The van der Waals surface area contributed by atoms with Gasteiger partial charge in [-0.3, -0.25) is 14.6 Å². The van der Waals surface area contributed by atoms with Crippen LogP contribution in [0, 0.1) is 11.3 Å². The van der Waals surface area contributed by atoms with Crippen molar-refractivity contribution in [1.29, 1.82) is 5.26 Å². The number of aromatic nitrogens is 5. The lowest BCUT2D eigenvalue weighted by Crippen LogP contribution is -2.33. The van der Waals surface area contributed by atoms with Gasteiger partial charge < -0.3 is 9.47 Å². The normalized spacial score (nSPS) is 15.1. The van der Waals surface area contributed by atoms with E-state index in [1.54, 1.807) is 6.07 Å². The summed E-state index contributed by atoms with van der Waals surface area (Å²) in [5.74, 6) is -0.219. The Bertz CT molecular complexity index is 1470. The number of nitrogens with zero attached hydrogens (tertiary/aromatic N) is 4. The molecule has 1 aliphatic carbocycles. The Kier molecular flexibility index (Phi) is 6.47. The summed E-state index contributed by atoms with van der Waals surface area (Å²) < 4.78 is 36.6. The van der Waals surface area contributed by atoms with Gasteiger partial charge in [-0.05, 0) is 31.4 Å². The lowest BCUT2D eigenvalue weighted by molar-refractivity contribution is -0.168. The molecule has 0 radical (unpaired) electrons. The highest BCUT2D eigenvalue weighted by Crippen LogP contribution is 2.41. The Morgan fingerprint density at radius 2 is 1.91 bits per heavy atom. The van der Waals surface area contributed by atoms with Gasteiger partial charge in [-0.1, -0.05) is 23.2 Å². The Hall–Kier alpha value is -3.60. The maximum absolute atomic E-state index is 12.8. The van der Waals surface area contributed by atoms with Crippen LogP contribution in [0.1, 0.15) is 35.8 Å². The highest BCUT2D eigenvalue weighted by molar-refractivity contribution is 6.37. The quantitative estimate of drug-likeness (QED) is 0.528. The minimum Gasteiger partial charge on any atom is -0.434 e. The average molecular weight is 513 g/mol. The number of hydrogen-bond donors (Lipinski definition) is 2. The predicted octanol–water partition coefficient (Wildman–Crippen LogP) is 2.59. The van der Waals surface area contributed by atoms with Gasteiger partial charge in [0, 0.05) is 5.56 Å². The third kappa shape index (κ3) is 4.43. The Balaban J connectivity index is 1.75.